The van der Waals surface area contributed by atoms with Gasteiger partial charge in [0.2, 0.25) is 11.8 Å². The predicted octanol–water partition coefficient (Wildman–Crippen LogP) is 2.03. The fourth-order valence-electron chi connectivity index (χ4n) is 3.95. The number of methoxy groups -OCH3 is 1. The average molecular weight is 425 g/mol. The van der Waals surface area contributed by atoms with Crippen LogP contribution in [0.15, 0.2) is 24.3 Å². The van der Waals surface area contributed by atoms with E-state index in [1.165, 1.54) is 0 Å². The molecule has 1 aromatic carbocycles. The van der Waals surface area contributed by atoms with Crippen LogP contribution in [0.4, 0.5) is 5.69 Å². The Morgan fingerprint density at radius 1 is 1.21 bits per heavy atom. The van der Waals surface area contributed by atoms with E-state index in [0.29, 0.717) is 12.3 Å². The van der Waals surface area contributed by atoms with Crippen LogP contribution in [0.5, 0.6) is 5.75 Å². The molecule has 2 atom stereocenters. The second kappa shape index (κ2) is 12.0. The van der Waals surface area contributed by atoms with Gasteiger partial charge in [-0.25, -0.2) is 0 Å². The lowest BCUT2D eigenvalue weighted by molar-refractivity contribution is -0.123. The first-order chi connectivity index (χ1) is 13.6. The maximum absolute atomic E-state index is 12.2. The van der Waals surface area contributed by atoms with Crippen LogP contribution < -0.4 is 20.7 Å². The summed E-state index contributed by atoms with van der Waals surface area (Å²) in [5.41, 5.74) is 0.783. The Labute approximate surface area is 179 Å². The highest BCUT2D eigenvalue weighted by atomic mass is 35.5. The van der Waals surface area contributed by atoms with Crippen LogP contribution in [0, 0.1) is 5.92 Å². The van der Waals surface area contributed by atoms with Gasteiger partial charge in [0.25, 0.3) is 0 Å². The Kier molecular flexibility index (Phi) is 9.70. The second-order valence-corrected chi connectivity index (χ2v) is 7.73. The van der Waals surface area contributed by atoms with E-state index in [0.717, 1.165) is 69.8 Å². The van der Waals surface area contributed by atoms with Crippen LogP contribution in [0.25, 0.3) is 0 Å². The summed E-state index contributed by atoms with van der Waals surface area (Å²) >= 11 is 0. The van der Waals surface area contributed by atoms with Gasteiger partial charge in [-0.05, 0) is 69.0 Å². The predicted molar refractivity (Wildman–Crippen MR) is 117 cm³/mol. The van der Waals surface area contributed by atoms with Crippen LogP contribution in [-0.2, 0) is 9.59 Å². The molecule has 2 aliphatic heterocycles. The normalized spacial score (nSPS) is 21.8. The fraction of sp³-hybridized carbons (Fsp3) is 0.619. The molecule has 2 unspecified atom stereocenters. The molecule has 0 aromatic heterocycles. The zero-order chi connectivity index (χ0) is 19.8. The van der Waals surface area contributed by atoms with Crippen LogP contribution in [-0.4, -0.2) is 62.6 Å². The smallest absolute Gasteiger partial charge is 0.237 e. The summed E-state index contributed by atoms with van der Waals surface area (Å²) in [6.45, 7) is 4.37. The third-order valence-corrected chi connectivity index (χ3v) is 5.57. The molecule has 0 saturated carbocycles. The van der Waals surface area contributed by atoms with E-state index in [1.807, 2.05) is 24.3 Å². The van der Waals surface area contributed by atoms with E-state index in [4.69, 9.17) is 4.74 Å². The summed E-state index contributed by atoms with van der Waals surface area (Å²) in [5, 5.41) is 9.27. The van der Waals surface area contributed by atoms with Crippen molar-refractivity contribution >= 4 is 29.9 Å². The highest BCUT2D eigenvalue weighted by Gasteiger charge is 2.24. The monoisotopic (exact) mass is 424 g/mol. The number of amides is 2. The Morgan fingerprint density at radius 3 is 2.69 bits per heavy atom. The van der Waals surface area contributed by atoms with Crippen molar-refractivity contribution < 1.29 is 14.3 Å². The third-order valence-electron chi connectivity index (χ3n) is 5.57. The molecule has 2 fully saturated rings. The maximum Gasteiger partial charge on any atom is 0.237 e. The first-order valence-corrected chi connectivity index (χ1v) is 10.3. The Morgan fingerprint density at radius 2 is 2.00 bits per heavy atom. The number of nitrogens with zero attached hydrogens (tertiary/aromatic N) is 1. The lowest BCUT2D eigenvalue weighted by atomic mass is 9.97. The number of likely N-dealkylation sites (tertiary alicyclic amines) is 1. The molecule has 29 heavy (non-hydrogen) atoms. The van der Waals surface area contributed by atoms with Crippen LogP contribution in [0.1, 0.15) is 32.1 Å². The number of piperidine rings is 1. The first-order valence-electron chi connectivity index (χ1n) is 10.3. The van der Waals surface area contributed by atoms with Gasteiger partial charge in [-0.2, -0.15) is 0 Å². The molecule has 0 bridgehead atoms. The van der Waals surface area contributed by atoms with Crippen molar-refractivity contribution in [1.82, 2.24) is 15.5 Å². The minimum absolute atomic E-state index is 0. The molecule has 7 nitrogen and oxygen atoms in total. The summed E-state index contributed by atoms with van der Waals surface area (Å²) in [7, 11) is 1.62. The number of halogens is 1. The Bertz CT molecular complexity index is 650. The van der Waals surface area contributed by atoms with E-state index < -0.39 is 0 Å². The van der Waals surface area contributed by atoms with Gasteiger partial charge in [0, 0.05) is 31.7 Å². The molecule has 2 saturated heterocycles. The third kappa shape index (κ3) is 7.49. The zero-order valence-corrected chi connectivity index (χ0v) is 17.9. The summed E-state index contributed by atoms with van der Waals surface area (Å²) < 4.78 is 5.13. The molecule has 2 heterocycles. The number of rotatable bonds is 8. The number of carbonyl (C=O) groups excluding carboxylic acids is 2. The molecule has 162 valence electrons. The van der Waals surface area contributed by atoms with Gasteiger partial charge in [0.15, 0.2) is 0 Å². The molecule has 2 amide bonds. The van der Waals surface area contributed by atoms with Crippen molar-refractivity contribution in [2.24, 2.45) is 5.92 Å². The molecule has 3 rings (SSSR count). The SMILES string of the molecule is COc1ccc(NC(=O)CCN2CCCC(CNC(=O)C3CCCN3)C2)cc1.Cl. The number of carbonyl (C=O) groups is 2. The molecule has 0 spiro atoms. The highest BCUT2D eigenvalue weighted by molar-refractivity contribution is 5.90. The number of hydrogen-bond donors (Lipinski definition) is 3. The van der Waals surface area contributed by atoms with Gasteiger partial charge in [0.1, 0.15) is 5.75 Å². The van der Waals surface area contributed by atoms with Crippen molar-refractivity contribution in [2.45, 2.75) is 38.1 Å². The van der Waals surface area contributed by atoms with E-state index in [1.54, 1.807) is 7.11 Å². The van der Waals surface area contributed by atoms with Gasteiger partial charge >= 0.3 is 0 Å². The van der Waals surface area contributed by atoms with Crippen LogP contribution in [0.2, 0.25) is 0 Å². The minimum atomic E-state index is -0.0126. The van der Waals surface area contributed by atoms with Crippen LogP contribution in [0.3, 0.4) is 0 Å². The zero-order valence-electron chi connectivity index (χ0n) is 17.1. The minimum Gasteiger partial charge on any atom is -0.497 e. The van der Waals surface area contributed by atoms with Crippen molar-refractivity contribution in [1.29, 1.82) is 0 Å². The van der Waals surface area contributed by atoms with Gasteiger partial charge in [-0.3, -0.25) is 9.59 Å². The molecule has 8 heteroatoms. The quantitative estimate of drug-likeness (QED) is 0.594. The summed E-state index contributed by atoms with van der Waals surface area (Å²) in [4.78, 5) is 26.7. The van der Waals surface area contributed by atoms with E-state index in [2.05, 4.69) is 20.9 Å². The van der Waals surface area contributed by atoms with Gasteiger partial charge in [0.05, 0.1) is 13.2 Å². The van der Waals surface area contributed by atoms with Crippen molar-refractivity contribution in [2.75, 3.05) is 45.2 Å². The van der Waals surface area contributed by atoms with Gasteiger partial charge < -0.3 is 25.6 Å². The average Bonchev–Trinajstić information content (AvgIpc) is 3.26. The number of ether oxygens (including phenoxy) is 1. The summed E-state index contributed by atoms with van der Waals surface area (Å²) in [6, 6.07) is 7.34. The Balaban J connectivity index is 0.00000300. The lowest BCUT2D eigenvalue weighted by Crippen LogP contribution is -2.45. The van der Waals surface area contributed by atoms with E-state index in [9.17, 15) is 9.59 Å². The van der Waals surface area contributed by atoms with Crippen molar-refractivity contribution in [3.05, 3.63) is 24.3 Å². The van der Waals surface area contributed by atoms with E-state index >= 15 is 0 Å². The Hall–Kier alpha value is -1.83. The second-order valence-electron chi connectivity index (χ2n) is 7.73. The largest absolute Gasteiger partial charge is 0.497 e. The number of hydrogen-bond acceptors (Lipinski definition) is 5. The topological polar surface area (TPSA) is 82.7 Å². The molecule has 2 aliphatic rings. The molecule has 0 aliphatic carbocycles. The van der Waals surface area contributed by atoms with Gasteiger partial charge in [-0.15, -0.1) is 12.4 Å². The van der Waals surface area contributed by atoms with Crippen molar-refractivity contribution in [3.63, 3.8) is 0 Å². The van der Waals surface area contributed by atoms with Crippen molar-refractivity contribution in [3.8, 4) is 5.75 Å². The number of benzene rings is 1. The first kappa shape index (κ1) is 23.4. The highest BCUT2D eigenvalue weighted by Crippen LogP contribution is 2.17. The molecule has 1 aromatic rings. The van der Waals surface area contributed by atoms with E-state index in [-0.39, 0.29) is 30.3 Å². The molecular formula is C21H33ClN4O3. The summed E-state index contributed by atoms with van der Waals surface area (Å²) in [6.07, 6.45) is 4.73. The lowest BCUT2D eigenvalue weighted by Gasteiger charge is -2.32. The number of anilines is 1. The fourth-order valence-corrected chi connectivity index (χ4v) is 3.95. The number of nitrogens with one attached hydrogen (secondary N) is 3. The summed E-state index contributed by atoms with van der Waals surface area (Å²) in [5.74, 6) is 1.39. The molecule has 0 radical (unpaired) electrons. The molecular weight excluding hydrogens is 392 g/mol. The van der Waals surface area contributed by atoms with Gasteiger partial charge in [-0.1, -0.05) is 0 Å². The molecule has 3 N–H and O–H groups in total. The standard InChI is InChI=1S/C21H32N4O3.ClH/c1-28-18-8-6-17(7-9-18)24-20(26)10-13-25-12-3-4-16(15-25)14-23-21(27)19-5-2-11-22-19;/h6-9,16,19,22H,2-5,10-15H2,1H3,(H,23,27)(H,24,26);1H. The maximum atomic E-state index is 12.2. The van der Waals surface area contributed by atoms with Crippen LogP contribution >= 0.6 is 12.4 Å².